The molecular formula is C11H16BrNS. The monoisotopic (exact) mass is 273 g/mol. The van der Waals surface area contributed by atoms with Crippen LogP contribution in [0.2, 0.25) is 0 Å². The van der Waals surface area contributed by atoms with E-state index in [-0.39, 0.29) is 0 Å². The van der Waals surface area contributed by atoms with E-state index in [1.165, 1.54) is 29.7 Å². The molecule has 0 spiro atoms. The third kappa shape index (κ3) is 1.98. The topological polar surface area (TPSA) is 26.0 Å². The molecule has 1 aliphatic carbocycles. The zero-order valence-electron chi connectivity index (χ0n) is 8.64. The van der Waals surface area contributed by atoms with Crippen molar-refractivity contribution >= 4 is 33.0 Å². The normalized spacial score (nSPS) is 16.6. The highest BCUT2D eigenvalue weighted by atomic mass is 79.9. The number of rotatable bonds is 3. The van der Waals surface area contributed by atoms with Crippen molar-refractivity contribution in [3.8, 4) is 0 Å². The van der Waals surface area contributed by atoms with E-state index < -0.39 is 0 Å². The molecule has 14 heavy (non-hydrogen) atoms. The van der Waals surface area contributed by atoms with Crippen molar-refractivity contribution in [3.63, 3.8) is 0 Å². The first kappa shape index (κ1) is 10.5. The van der Waals surface area contributed by atoms with Gasteiger partial charge in [0.25, 0.3) is 0 Å². The molecule has 0 saturated heterocycles. The smallest absolute Gasteiger partial charge is 0.0933 e. The van der Waals surface area contributed by atoms with Gasteiger partial charge in [0.15, 0.2) is 0 Å². The Balaban J connectivity index is 2.32. The van der Waals surface area contributed by atoms with Crippen molar-refractivity contribution in [2.75, 3.05) is 5.73 Å². The molecular weight excluding hydrogens is 258 g/mol. The van der Waals surface area contributed by atoms with E-state index >= 15 is 0 Å². The predicted molar refractivity (Wildman–Crippen MR) is 66.9 cm³/mol. The molecule has 1 aromatic rings. The predicted octanol–water partition coefficient (Wildman–Crippen LogP) is 4.17. The Morgan fingerprint density at radius 2 is 2.14 bits per heavy atom. The zero-order valence-corrected chi connectivity index (χ0v) is 11.0. The fraction of sp³-hybridized carbons (Fsp3) is 0.636. The molecule has 2 N–H and O–H groups in total. The Morgan fingerprint density at radius 1 is 1.50 bits per heavy atom. The third-order valence-electron chi connectivity index (χ3n) is 2.59. The van der Waals surface area contributed by atoms with E-state index in [4.69, 9.17) is 5.73 Å². The van der Waals surface area contributed by atoms with Gasteiger partial charge in [-0.2, -0.15) is 0 Å². The summed E-state index contributed by atoms with van der Waals surface area (Å²) in [6, 6.07) is 0. The van der Waals surface area contributed by atoms with Crippen LogP contribution in [0.3, 0.4) is 0 Å². The van der Waals surface area contributed by atoms with Crippen molar-refractivity contribution in [1.82, 2.24) is 0 Å². The van der Waals surface area contributed by atoms with Crippen LogP contribution >= 0.6 is 27.3 Å². The van der Waals surface area contributed by atoms with Gasteiger partial charge >= 0.3 is 0 Å². The molecule has 0 amide bonds. The lowest BCUT2D eigenvalue weighted by atomic mass is 10.0. The molecule has 1 fully saturated rings. The molecule has 1 nitrogen and oxygen atoms in total. The van der Waals surface area contributed by atoms with Crippen LogP contribution in [0.4, 0.5) is 5.69 Å². The van der Waals surface area contributed by atoms with Crippen molar-refractivity contribution in [1.29, 1.82) is 0 Å². The number of nitrogens with two attached hydrogens (primary N) is 1. The first-order valence-electron chi connectivity index (χ1n) is 5.16. The van der Waals surface area contributed by atoms with Gasteiger partial charge in [0, 0.05) is 4.88 Å². The number of thiophene rings is 1. The van der Waals surface area contributed by atoms with Crippen LogP contribution in [0.15, 0.2) is 3.79 Å². The SMILES string of the molecule is CC(C)Cc1sc(Br)c(N)c1C1CC1. The summed E-state index contributed by atoms with van der Waals surface area (Å²) in [7, 11) is 0. The van der Waals surface area contributed by atoms with Crippen LogP contribution in [0.25, 0.3) is 0 Å². The Bertz CT molecular complexity index is 339. The largest absolute Gasteiger partial charge is 0.397 e. The average Bonchev–Trinajstić information content (AvgIpc) is 2.83. The molecule has 0 aliphatic heterocycles. The number of anilines is 1. The van der Waals surface area contributed by atoms with Crippen molar-refractivity contribution < 1.29 is 0 Å². The van der Waals surface area contributed by atoms with Gasteiger partial charge in [0.1, 0.15) is 0 Å². The first-order valence-corrected chi connectivity index (χ1v) is 6.77. The van der Waals surface area contributed by atoms with E-state index in [2.05, 4.69) is 29.8 Å². The summed E-state index contributed by atoms with van der Waals surface area (Å²) < 4.78 is 1.13. The molecule has 1 aliphatic rings. The Kier molecular flexibility index (Phi) is 2.89. The summed E-state index contributed by atoms with van der Waals surface area (Å²) >= 11 is 5.38. The minimum absolute atomic E-state index is 0.720. The number of nitrogen functional groups attached to an aromatic ring is 1. The Hall–Kier alpha value is -0.0200. The molecule has 1 aromatic heterocycles. The summed E-state index contributed by atoms with van der Waals surface area (Å²) in [4.78, 5) is 1.51. The van der Waals surface area contributed by atoms with Crippen LogP contribution in [0.1, 0.15) is 43.0 Å². The summed E-state index contributed by atoms with van der Waals surface area (Å²) in [5.74, 6) is 1.49. The van der Waals surface area contributed by atoms with Gasteiger partial charge < -0.3 is 5.73 Å². The van der Waals surface area contributed by atoms with E-state index in [0.717, 1.165) is 21.3 Å². The zero-order chi connectivity index (χ0) is 10.3. The van der Waals surface area contributed by atoms with Crippen LogP contribution in [0.5, 0.6) is 0 Å². The number of hydrogen-bond acceptors (Lipinski definition) is 2. The summed E-state index contributed by atoms with van der Waals surface area (Å²) in [6.45, 7) is 4.53. The van der Waals surface area contributed by atoms with Gasteiger partial charge in [-0.15, -0.1) is 11.3 Å². The molecule has 0 aromatic carbocycles. The van der Waals surface area contributed by atoms with Gasteiger partial charge in [-0.25, -0.2) is 0 Å². The minimum Gasteiger partial charge on any atom is -0.397 e. The highest BCUT2D eigenvalue weighted by Gasteiger charge is 2.30. The van der Waals surface area contributed by atoms with E-state index in [1.54, 1.807) is 0 Å². The second-order valence-electron chi connectivity index (χ2n) is 4.50. The molecule has 0 unspecified atom stereocenters. The Labute approximate surface area is 97.8 Å². The second-order valence-corrected chi connectivity index (χ2v) is 6.92. The highest BCUT2D eigenvalue weighted by molar-refractivity contribution is 9.11. The molecule has 0 atom stereocenters. The average molecular weight is 274 g/mol. The second kappa shape index (κ2) is 3.86. The quantitative estimate of drug-likeness (QED) is 0.879. The maximum atomic E-state index is 6.08. The number of halogens is 1. The van der Waals surface area contributed by atoms with Crippen LogP contribution in [0, 0.1) is 5.92 Å². The first-order chi connectivity index (χ1) is 6.59. The van der Waals surface area contributed by atoms with Gasteiger partial charge in [0.05, 0.1) is 9.47 Å². The fourth-order valence-corrected chi connectivity index (χ4v) is 3.86. The molecule has 0 bridgehead atoms. The fourth-order valence-electron chi connectivity index (χ4n) is 1.82. The maximum absolute atomic E-state index is 6.08. The molecule has 1 saturated carbocycles. The van der Waals surface area contributed by atoms with Crippen LogP contribution < -0.4 is 5.73 Å². The third-order valence-corrected chi connectivity index (χ3v) is 4.54. The van der Waals surface area contributed by atoms with Gasteiger partial charge in [-0.1, -0.05) is 13.8 Å². The number of hydrogen-bond donors (Lipinski definition) is 1. The maximum Gasteiger partial charge on any atom is 0.0933 e. The minimum atomic E-state index is 0.720. The summed E-state index contributed by atoms with van der Waals surface area (Å²) in [6.07, 6.45) is 3.84. The summed E-state index contributed by atoms with van der Waals surface area (Å²) in [5, 5.41) is 0. The van der Waals surface area contributed by atoms with Crippen molar-refractivity contribution in [2.45, 2.75) is 39.0 Å². The Morgan fingerprint density at radius 3 is 2.64 bits per heavy atom. The lowest BCUT2D eigenvalue weighted by Crippen LogP contribution is -1.96. The van der Waals surface area contributed by atoms with E-state index in [9.17, 15) is 0 Å². The van der Waals surface area contributed by atoms with Gasteiger partial charge in [0.2, 0.25) is 0 Å². The van der Waals surface area contributed by atoms with Gasteiger partial charge in [-0.3, -0.25) is 0 Å². The lowest BCUT2D eigenvalue weighted by Gasteiger charge is -2.05. The van der Waals surface area contributed by atoms with E-state index in [1.807, 2.05) is 11.3 Å². The van der Waals surface area contributed by atoms with Crippen molar-refractivity contribution in [3.05, 3.63) is 14.2 Å². The van der Waals surface area contributed by atoms with Crippen LogP contribution in [-0.4, -0.2) is 0 Å². The molecule has 2 rings (SSSR count). The molecule has 3 heteroatoms. The molecule has 78 valence electrons. The van der Waals surface area contributed by atoms with E-state index in [0.29, 0.717) is 0 Å². The highest BCUT2D eigenvalue weighted by Crippen LogP contribution is 2.50. The van der Waals surface area contributed by atoms with Crippen molar-refractivity contribution in [2.24, 2.45) is 5.92 Å². The lowest BCUT2D eigenvalue weighted by molar-refractivity contribution is 0.650. The molecule has 0 radical (unpaired) electrons. The summed E-state index contributed by atoms with van der Waals surface area (Å²) in [5.41, 5.74) is 8.55. The van der Waals surface area contributed by atoms with Gasteiger partial charge in [-0.05, 0) is 52.6 Å². The van der Waals surface area contributed by atoms with Crippen LogP contribution in [-0.2, 0) is 6.42 Å². The standard InChI is InChI=1S/C11H16BrNS/c1-6(2)5-8-9(7-3-4-7)10(13)11(12)14-8/h6-7H,3-5,13H2,1-2H3. The molecule has 1 heterocycles.